The Morgan fingerprint density at radius 1 is 1.21 bits per heavy atom. The van der Waals surface area contributed by atoms with Crippen LogP contribution in [0.4, 0.5) is 0 Å². The van der Waals surface area contributed by atoms with E-state index in [1.165, 1.54) is 19.4 Å². The van der Waals surface area contributed by atoms with Crippen molar-refractivity contribution >= 4 is 31.7 Å². The van der Waals surface area contributed by atoms with Crippen LogP contribution in [0.5, 0.6) is 5.88 Å². The third-order valence-electron chi connectivity index (χ3n) is 6.00. The molecule has 3 aromatic rings. The highest BCUT2D eigenvalue weighted by atomic mass is 32.2. The van der Waals surface area contributed by atoms with Crippen molar-refractivity contribution in [1.29, 1.82) is 0 Å². The van der Waals surface area contributed by atoms with Crippen molar-refractivity contribution in [3.05, 3.63) is 36.3 Å². The number of imidazole rings is 1. The smallest absolute Gasteiger partial charge is 0.230 e. The van der Waals surface area contributed by atoms with E-state index < -0.39 is 20.6 Å². The first kappa shape index (κ1) is 24.8. The van der Waals surface area contributed by atoms with Gasteiger partial charge in [-0.25, -0.2) is 22.6 Å². The van der Waals surface area contributed by atoms with Gasteiger partial charge in [-0.05, 0) is 43.0 Å². The number of rotatable bonds is 6. The topological polar surface area (TPSA) is 100 Å². The molecular weight excluding hydrogens is 474 g/mol. The molecule has 4 rings (SSSR count). The fourth-order valence-corrected chi connectivity index (χ4v) is 6.04. The average Bonchev–Trinajstić information content (AvgIpc) is 3.16. The molecule has 0 aliphatic carbocycles. The van der Waals surface area contributed by atoms with Gasteiger partial charge >= 0.3 is 0 Å². The minimum Gasteiger partial charge on any atom is -0.480 e. The highest BCUT2D eigenvalue weighted by Gasteiger charge is 2.26. The van der Waals surface area contributed by atoms with E-state index >= 15 is 0 Å². The molecule has 1 fully saturated rings. The summed E-state index contributed by atoms with van der Waals surface area (Å²) >= 11 is 0. The summed E-state index contributed by atoms with van der Waals surface area (Å²) in [5, 5.41) is 0. The highest BCUT2D eigenvalue weighted by Crippen LogP contribution is 2.32. The van der Waals surface area contributed by atoms with E-state index in [9.17, 15) is 12.6 Å². The van der Waals surface area contributed by atoms with E-state index in [0.717, 1.165) is 55.7 Å². The number of ether oxygens (including phenoxy) is 2. The van der Waals surface area contributed by atoms with Gasteiger partial charge in [0.25, 0.3) is 0 Å². The monoisotopic (exact) mass is 505 g/mol. The van der Waals surface area contributed by atoms with E-state index in [2.05, 4.69) is 30.3 Å². The van der Waals surface area contributed by atoms with Gasteiger partial charge in [-0.2, -0.15) is 0 Å². The fourth-order valence-electron chi connectivity index (χ4n) is 4.20. The number of hydrogen-bond donors (Lipinski definition) is 0. The summed E-state index contributed by atoms with van der Waals surface area (Å²) in [7, 11) is -3.80. The van der Waals surface area contributed by atoms with Crippen LogP contribution >= 0.6 is 0 Å². The van der Waals surface area contributed by atoms with Gasteiger partial charge in [-0.3, -0.25) is 0 Å². The van der Waals surface area contributed by atoms with Crippen molar-refractivity contribution in [2.45, 2.75) is 60.3 Å². The van der Waals surface area contributed by atoms with E-state index in [1.54, 1.807) is 6.07 Å². The van der Waals surface area contributed by atoms with Gasteiger partial charge in [-0.1, -0.05) is 20.8 Å². The lowest BCUT2D eigenvalue weighted by atomic mass is 9.94. The first-order valence-electron chi connectivity index (χ1n) is 11.2. The molecule has 1 aromatic carbocycles. The molecule has 1 unspecified atom stereocenters. The van der Waals surface area contributed by atoms with Crippen LogP contribution in [0.3, 0.4) is 0 Å². The average molecular weight is 506 g/mol. The minimum atomic E-state index is -3.51. The van der Waals surface area contributed by atoms with Crippen LogP contribution in [0.2, 0.25) is 0 Å². The second kappa shape index (κ2) is 9.39. The maximum Gasteiger partial charge on any atom is 0.230 e. The predicted molar refractivity (Wildman–Crippen MR) is 131 cm³/mol. The first-order valence-corrected chi connectivity index (χ1v) is 14.3. The second-order valence-corrected chi connectivity index (χ2v) is 13.2. The van der Waals surface area contributed by atoms with Gasteiger partial charge in [-0.15, -0.1) is 0 Å². The molecule has 0 saturated carbocycles. The van der Waals surface area contributed by atoms with Crippen LogP contribution in [0.15, 0.2) is 45.1 Å². The van der Waals surface area contributed by atoms with Crippen molar-refractivity contribution in [2.75, 3.05) is 26.6 Å². The number of fused-ring (bicyclic) bond motifs is 1. The maximum absolute atomic E-state index is 13.5. The lowest BCUT2D eigenvalue weighted by molar-refractivity contribution is 0.0611. The largest absolute Gasteiger partial charge is 0.480 e. The van der Waals surface area contributed by atoms with Crippen molar-refractivity contribution < 1.29 is 22.1 Å². The molecule has 1 aliphatic rings. The van der Waals surface area contributed by atoms with Crippen molar-refractivity contribution in [3.8, 4) is 5.88 Å². The fraction of sp³-hybridized carbons (Fsp3) is 0.500. The zero-order valence-corrected chi connectivity index (χ0v) is 21.8. The summed E-state index contributed by atoms with van der Waals surface area (Å²) in [6, 6.07) is 6.93. The zero-order chi connectivity index (χ0) is 24.7. The standard InChI is InChI=1S/C24H31N3O5S2/c1-24(2,3)23-26-19-12-17(6-7-20(19)27(23)15-16-8-10-32-11-9-16)33(28)21-13-18(34(5,29)30)14-25-22(21)31-4/h6-7,12-14,16H,8-11,15H2,1-5H3. The first-order chi connectivity index (χ1) is 16.0. The third-order valence-corrected chi connectivity index (χ3v) is 8.45. The van der Waals surface area contributed by atoms with E-state index in [-0.39, 0.29) is 21.1 Å². The number of methoxy groups -OCH3 is 1. The van der Waals surface area contributed by atoms with E-state index in [0.29, 0.717) is 10.8 Å². The lowest BCUT2D eigenvalue weighted by Gasteiger charge is -2.26. The van der Waals surface area contributed by atoms with Crippen LogP contribution < -0.4 is 4.74 Å². The SMILES string of the molecule is COc1ncc(S(C)(=O)=O)cc1S(=O)c1ccc2c(c1)nc(C(C)(C)C)n2CC1CCOCC1. The molecule has 8 nitrogen and oxygen atoms in total. The van der Waals surface area contributed by atoms with Gasteiger partial charge in [0.15, 0.2) is 9.84 Å². The number of benzene rings is 1. The summed E-state index contributed by atoms with van der Waals surface area (Å²) in [5.74, 6) is 1.64. The van der Waals surface area contributed by atoms with Crippen molar-refractivity contribution in [1.82, 2.24) is 14.5 Å². The molecule has 0 amide bonds. The molecule has 1 atom stereocenters. The van der Waals surface area contributed by atoms with Crippen LogP contribution in [0.1, 0.15) is 39.4 Å². The Balaban J connectivity index is 1.78. The maximum atomic E-state index is 13.5. The molecule has 1 aliphatic heterocycles. The number of hydrogen-bond acceptors (Lipinski definition) is 7. The zero-order valence-electron chi connectivity index (χ0n) is 20.2. The molecule has 10 heteroatoms. The molecule has 0 spiro atoms. The molecule has 1 saturated heterocycles. The summed E-state index contributed by atoms with van der Waals surface area (Å²) in [6.07, 6.45) is 4.35. The minimum absolute atomic E-state index is 0.00603. The Morgan fingerprint density at radius 3 is 2.53 bits per heavy atom. The van der Waals surface area contributed by atoms with E-state index in [4.69, 9.17) is 14.5 Å². The van der Waals surface area contributed by atoms with Gasteiger partial charge < -0.3 is 14.0 Å². The van der Waals surface area contributed by atoms with Crippen molar-refractivity contribution in [2.24, 2.45) is 5.92 Å². The van der Waals surface area contributed by atoms with Gasteiger partial charge in [0.05, 0.1) is 33.8 Å². The second-order valence-electron chi connectivity index (χ2n) is 9.72. The van der Waals surface area contributed by atoms with Crippen molar-refractivity contribution in [3.63, 3.8) is 0 Å². The van der Waals surface area contributed by atoms with Gasteiger partial charge in [0.1, 0.15) is 10.7 Å². The molecule has 0 radical (unpaired) electrons. The molecule has 34 heavy (non-hydrogen) atoms. The predicted octanol–water partition coefficient (Wildman–Crippen LogP) is 3.73. The molecule has 3 heterocycles. The van der Waals surface area contributed by atoms with Gasteiger partial charge in [0.2, 0.25) is 5.88 Å². The van der Waals surface area contributed by atoms with Crippen LogP contribution in [-0.2, 0) is 37.3 Å². The van der Waals surface area contributed by atoms with Crippen LogP contribution in [-0.4, -0.2) is 53.7 Å². The molecule has 0 bridgehead atoms. The Bertz CT molecular complexity index is 1340. The lowest BCUT2D eigenvalue weighted by Crippen LogP contribution is -2.25. The number of aromatic nitrogens is 3. The van der Waals surface area contributed by atoms with Gasteiger partial charge in [0, 0.05) is 42.5 Å². The number of pyridine rings is 1. The summed E-state index contributed by atoms with van der Waals surface area (Å²) in [5.41, 5.74) is 1.58. The third kappa shape index (κ3) is 5.04. The molecule has 184 valence electrons. The Morgan fingerprint density at radius 2 is 1.91 bits per heavy atom. The number of nitrogens with zero attached hydrogens (tertiary/aromatic N) is 3. The molecule has 0 N–H and O–H groups in total. The summed E-state index contributed by atoms with van der Waals surface area (Å²) < 4.78 is 50.6. The van der Waals surface area contributed by atoms with Crippen LogP contribution in [0, 0.1) is 5.92 Å². The number of sulfone groups is 1. The highest BCUT2D eigenvalue weighted by molar-refractivity contribution is 7.90. The summed E-state index contributed by atoms with van der Waals surface area (Å²) in [4.78, 5) is 9.72. The normalized spacial score (nSPS) is 16.6. The Hall–Kier alpha value is -2.30. The summed E-state index contributed by atoms with van der Waals surface area (Å²) in [6.45, 7) is 8.85. The van der Waals surface area contributed by atoms with E-state index in [1.807, 2.05) is 12.1 Å². The van der Waals surface area contributed by atoms with Crippen LogP contribution in [0.25, 0.3) is 11.0 Å². The quantitative estimate of drug-likeness (QED) is 0.503. The molecule has 2 aromatic heterocycles. The Labute approximate surface area is 203 Å². The Kier molecular flexibility index (Phi) is 6.85. The molecular formula is C24H31N3O5S2.